The van der Waals surface area contributed by atoms with Crippen LogP contribution in [-0.2, 0) is 0 Å². The fourth-order valence-electron chi connectivity index (χ4n) is 1.98. The average Bonchev–Trinajstić information content (AvgIpc) is 2.43. The molecule has 0 atom stereocenters. The number of para-hydroxylation sites is 2. The molecule has 0 radical (unpaired) electrons. The van der Waals surface area contributed by atoms with Crippen molar-refractivity contribution in [2.24, 2.45) is 0 Å². The molecule has 0 N–H and O–H groups in total. The topological polar surface area (TPSA) is 112 Å². The van der Waals surface area contributed by atoms with Gasteiger partial charge in [0.25, 0.3) is 11.4 Å². The van der Waals surface area contributed by atoms with Crippen LogP contribution < -0.4 is 0 Å². The van der Waals surface area contributed by atoms with Gasteiger partial charge >= 0.3 is 0 Å². The van der Waals surface area contributed by atoms with Crippen molar-refractivity contribution < 1.29 is 9.85 Å². The summed E-state index contributed by atoms with van der Waals surface area (Å²) in [6.07, 6.45) is 0. The standard InChI is InChI=1S/C12H6N4O4/c17-15(18)9-5-1-3-7-11(9)14-12-8(13-7)4-2-6-10(12)16(19)20/h1-6H. The number of fused-ring (bicyclic) bond motifs is 2. The zero-order chi connectivity index (χ0) is 14.3. The zero-order valence-electron chi connectivity index (χ0n) is 9.89. The number of aromatic nitrogens is 2. The summed E-state index contributed by atoms with van der Waals surface area (Å²) in [6.45, 7) is 0. The van der Waals surface area contributed by atoms with Crippen LogP contribution in [-0.4, -0.2) is 19.8 Å². The molecule has 0 bridgehead atoms. The van der Waals surface area contributed by atoms with Crippen LogP contribution in [0.3, 0.4) is 0 Å². The molecule has 20 heavy (non-hydrogen) atoms. The van der Waals surface area contributed by atoms with Gasteiger partial charge in [0.2, 0.25) is 0 Å². The van der Waals surface area contributed by atoms with E-state index in [9.17, 15) is 20.2 Å². The highest BCUT2D eigenvalue weighted by atomic mass is 16.6. The molecule has 3 aromatic rings. The summed E-state index contributed by atoms with van der Waals surface area (Å²) in [4.78, 5) is 29.0. The summed E-state index contributed by atoms with van der Waals surface area (Å²) in [7, 11) is 0. The van der Waals surface area contributed by atoms with Crippen molar-refractivity contribution in [2.45, 2.75) is 0 Å². The van der Waals surface area contributed by atoms with Gasteiger partial charge in [0, 0.05) is 12.1 Å². The predicted molar refractivity (Wildman–Crippen MR) is 70.4 cm³/mol. The lowest BCUT2D eigenvalue weighted by molar-refractivity contribution is -0.383. The second kappa shape index (κ2) is 4.19. The molecule has 0 saturated carbocycles. The first-order valence-electron chi connectivity index (χ1n) is 5.56. The molecule has 8 heteroatoms. The number of rotatable bonds is 2. The molecule has 0 aliphatic carbocycles. The first-order valence-corrected chi connectivity index (χ1v) is 5.56. The monoisotopic (exact) mass is 270 g/mol. The van der Waals surface area contributed by atoms with Crippen molar-refractivity contribution in [1.29, 1.82) is 0 Å². The summed E-state index contributed by atoms with van der Waals surface area (Å²) in [5.74, 6) is 0. The highest BCUT2D eigenvalue weighted by molar-refractivity contribution is 5.94. The van der Waals surface area contributed by atoms with E-state index in [0.717, 1.165) is 0 Å². The van der Waals surface area contributed by atoms with Gasteiger partial charge in [-0.2, -0.15) is 0 Å². The largest absolute Gasteiger partial charge is 0.297 e. The molecule has 0 saturated heterocycles. The number of nitro benzene ring substituents is 2. The van der Waals surface area contributed by atoms with Crippen LogP contribution in [0.5, 0.6) is 0 Å². The van der Waals surface area contributed by atoms with Gasteiger partial charge in [-0.15, -0.1) is 0 Å². The first kappa shape index (κ1) is 11.9. The van der Waals surface area contributed by atoms with Gasteiger partial charge < -0.3 is 0 Å². The summed E-state index contributed by atoms with van der Waals surface area (Å²) in [5, 5.41) is 21.9. The lowest BCUT2D eigenvalue weighted by atomic mass is 10.2. The van der Waals surface area contributed by atoms with E-state index in [2.05, 4.69) is 9.97 Å². The molecule has 0 amide bonds. The minimum Gasteiger partial charge on any atom is -0.258 e. The number of hydrogen-bond donors (Lipinski definition) is 0. The van der Waals surface area contributed by atoms with Crippen molar-refractivity contribution in [1.82, 2.24) is 9.97 Å². The maximum atomic E-state index is 11.0. The van der Waals surface area contributed by atoms with Crippen LogP contribution in [0.4, 0.5) is 11.4 Å². The molecule has 0 spiro atoms. The zero-order valence-corrected chi connectivity index (χ0v) is 9.89. The normalized spacial score (nSPS) is 10.8. The molecule has 1 aromatic heterocycles. The smallest absolute Gasteiger partial charge is 0.258 e. The summed E-state index contributed by atoms with van der Waals surface area (Å²) < 4.78 is 0. The molecule has 2 aromatic carbocycles. The van der Waals surface area contributed by atoms with Crippen molar-refractivity contribution >= 4 is 33.4 Å². The van der Waals surface area contributed by atoms with Gasteiger partial charge in [-0.25, -0.2) is 9.97 Å². The second-order valence-electron chi connectivity index (χ2n) is 4.03. The predicted octanol–water partition coefficient (Wildman–Crippen LogP) is 2.60. The molecule has 1 heterocycles. The van der Waals surface area contributed by atoms with E-state index in [4.69, 9.17) is 0 Å². The van der Waals surface area contributed by atoms with Gasteiger partial charge in [0.1, 0.15) is 0 Å². The summed E-state index contributed by atoms with van der Waals surface area (Å²) in [5.41, 5.74) is 0.281. The highest BCUT2D eigenvalue weighted by Crippen LogP contribution is 2.28. The van der Waals surface area contributed by atoms with Crippen molar-refractivity contribution in [2.75, 3.05) is 0 Å². The maximum absolute atomic E-state index is 11.0. The van der Waals surface area contributed by atoms with E-state index < -0.39 is 9.85 Å². The number of hydrogen-bond acceptors (Lipinski definition) is 6. The Labute approximate surface area is 111 Å². The fraction of sp³-hybridized carbons (Fsp3) is 0. The van der Waals surface area contributed by atoms with Crippen LogP contribution in [0, 0.1) is 20.2 Å². The molecule has 0 unspecified atom stereocenters. The van der Waals surface area contributed by atoms with Gasteiger partial charge in [-0.05, 0) is 12.1 Å². The van der Waals surface area contributed by atoms with Crippen LogP contribution in [0.15, 0.2) is 36.4 Å². The van der Waals surface area contributed by atoms with Crippen molar-refractivity contribution in [3.63, 3.8) is 0 Å². The van der Waals surface area contributed by atoms with E-state index in [1.807, 2.05) is 0 Å². The fourth-order valence-corrected chi connectivity index (χ4v) is 1.98. The van der Waals surface area contributed by atoms with Crippen LogP contribution >= 0.6 is 0 Å². The Bertz CT molecular complexity index is 809. The maximum Gasteiger partial charge on any atom is 0.297 e. The van der Waals surface area contributed by atoms with E-state index in [-0.39, 0.29) is 22.4 Å². The third-order valence-corrected chi connectivity index (χ3v) is 2.84. The Balaban J connectivity index is 2.48. The third-order valence-electron chi connectivity index (χ3n) is 2.84. The highest BCUT2D eigenvalue weighted by Gasteiger charge is 2.19. The molecular weight excluding hydrogens is 264 g/mol. The van der Waals surface area contributed by atoms with E-state index >= 15 is 0 Å². The van der Waals surface area contributed by atoms with E-state index in [1.165, 1.54) is 24.3 Å². The molecule has 8 nitrogen and oxygen atoms in total. The molecule has 98 valence electrons. The van der Waals surface area contributed by atoms with Crippen molar-refractivity contribution in [3.05, 3.63) is 56.6 Å². The molecule has 0 aliphatic rings. The lowest BCUT2D eigenvalue weighted by Gasteiger charge is -2.02. The minimum atomic E-state index is -0.586. The summed E-state index contributed by atoms with van der Waals surface area (Å²) >= 11 is 0. The number of non-ortho nitro benzene ring substituents is 2. The SMILES string of the molecule is O=[N+]([O-])c1cccc2nc3cccc([N+](=O)[O-])c3nc12. The average molecular weight is 270 g/mol. The van der Waals surface area contributed by atoms with Crippen LogP contribution in [0.1, 0.15) is 0 Å². The Morgan fingerprint density at radius 3 is 1.60 bits per heavy atom. The van der Waals surface area contributed by atoms with E-state index in [0.29, 0.717) is 11.0 Å². The third kappa shape index (κ3) is 1.70. The van der Waals surface area contributed by atoms with Gasteiger partial charge in [0.05, 0.1) is 20.9 Å². The van der Waals surface area contributed by atoms with Crippen molar-refractivity contribution in [3.8, 4) is 0 Å². The minimum absolute atomic E-state index is 0.0410. The Kier molecular flexibility index (Phi) is 2.50. The van der Waals surface area contributed by atoms with Gasteiger partial charge in [-0.3, -0.25) is 20.2 Å². The van der Waals surface area contributed by atoms with Gasteiger partial charge in [0.15, 0.2) is 11.0 Å². The Morgan fingerprint density at radius 2 is 1.20 bits per heavy atom. The number of nitro groups is 2. The number of nitrogens with zero attached hydrogens (tertiary/aromatic N) is 4. The molecule has 0 fully saturated rings. The Morgan fingerprint density at radius 1 is 0.750 bits per heavy atom. The lowest BCUT2D eigenvalue weighted by Crippen LogP contribution is -1.97. The Hall–Kier alpha value is -3.16. The van der Waals surface area contributed by atoms with E-state index in [1.54, 1.807) is 12.1 Å². The number of benzene rings is 2. The molecule has 3 rings (SSSR count). The van der Waals surface area contributed by atoms with Crippen LogP contribution in [0.25, 0.3) is 22.1 Å². The first-order chi connectivity index (χ1) is 9.58. The quantitative estimate of drug-likeness (QED) is 0.402. The van der Waals surface area contributed by atoms with Gasteiger partial charge in [-0.1, -0.05) is 12.1 Å². The molecular formula is C12H6N4O4. The summed E-state index contributed by atoms with van der Waals surface area (Å²) in [6, 6.07) is 8.73. The van der Waals surface area contributed by atoms with Crippen LogP contribution in [0.2, 0.25) is 0 Å². The second-order valence-corrected chi connectivity index (χ2v) is 4.03. The molecule has 0 aliphatic heterocycles.